The molecule has 0 amide bonds. The molecule has 8 heteroatoms. The van der Waals surface area contributed by atoms with Gasteiger partial charge in [0.05, 0.1) is 0 Å². The van der Waals surface area contributed by atoms with Gasteiger partial charge < -0.3 is 18.7 Å². The Morgan fingerprint density at radius 2 is 0.788 bits per heavy atom. The summed E-state index contributed by atoms with van der Waals surface area (Å²) in [5.41, 5.74) is 3.24. The molecule has 0 spiro atoms. The van der Waals surface area contributed by atoms with Crippen molar-refractivity contribution in [1.82, 2.24) is 9.13 Å². The fourth-order valence-corrected chi connectivity index (χ4v) is 5.65. The minimum absolute atomic E-state index is 0. The van der Waals surface area contributed by atoms with Crippen LogP contribution in [-0.4, -0.2) is 20.7 Å². The predicted molar refractivity (Wildman–Crippen MR) is 219 cm³/mol. The van der Waals surface area contributed by atoms with E-state index in [0.717, 1.165) is 47.9 Å². The van der Waals surface area contributed by atoms with Gasteiger partial charge in [-0.3, -0.25) is 9.59 Å². The van der Waals surface area contributed by atoms with E-state index in [1.165, 1.54) is 47.7 Å². The molecular weight excluding hydrogens is 898 g/mol. The number of hydrogen-bond donors (Lipinski definition) is 0. The first kappa shape index (κ1) is 63.1. The number of aromatic nitrogens is 2. The molecule has 6 nitrogen and oxygen atoms in total. The molecule has 2 heterocycles. The maximum Gasteiger partial charge on any atom is 0.167 e. The summed E-state index contributed by atoms with van der Waals surface area (Å²) < 4.78 is 2.73. The molecule has 2 aromatic heterocycles. The molecule has 0 saturated heterocycles. The van der Waals surface area contributed by atoms with Crippen molar-refractivity contribution < 1.29 is 80.8 Å². The zero-order chi connectivity index (χ0) is 37.4. The summed E-state index contributed by atoms with van der Waals surface area (Å²) in [6.45, 7) is 23.4. The molecule has 0 atom stereocenters. The first-order chi connectivity index (χ1) is 23.0. The van der Waals surface area contributed by atoms with Crippen molar-refractivity contribution in [2.75, 3.05) is 0 Å². The molecule has 0 unspecified atom stereocenters. The zero-order valence-corrected chi connectivity index (χ0v) is 41.5. The molecule has 0 aliphatic heterocycles. The van der Waals surface area contributed by atoms with Gasteiger partial charge in [-0.25, -0.2) is 0 Å². The number of pyridine rings is 2. The molecular formula is C44H76La2N2O4-2. The van der Waals surface area contributed by atoms with Crippen molar-refractivity contribution >= 4 is 11.6 Å². The summed E-state index contributed by atoms with van der Waals surface area (Å²) >= 11 is 0. The molecule has 2 aromatic rings. The Hall–Kier alpha value is -0.890. The standard InChI is InChI=1S/2C17H22NO2.4C2H6.2CH4.2La/c2*1-12-11-18(3)17(20)16(13(12)2)15(19)10-9-14-7-5-4-6-8-14;4*1-2;;;;/h2*9-10,14H,4-8H2,1-3H3;4*1-2H3;2*1H4;;/q2*-1;;;;;;;;/b2*10-9+;;;;;;;;. The van der Waals surface area contributed by atoms with Gasteiger partial charge in [0.1, 0.15) is 11.1 Å². The zero-order valence-electron chi connectivity index (χ0n) is 34.2. The van der Waals surface area contributed by atoms with Crippen LogP contribution in [0.1, 0.15) is 177 Å². The summed E-state index contributed by atoms with van der Waals surface area (Å²) in [6.07, 6.45) is 25.2. The van der Waals surface area contributed by atoms with Gasteiger partial charge in [-0.1, -0.05) is 161 Å². The summed E-state index contributed by atoms with van der Waals surface area (Å²) in [6, 6.07) is 0. The number of carbonyl (C=O) groups is 2. The van der Waals surface area contributed by atoms with E-state index in [9.17, 15) is 19.2 Å². The minimum atomic E-state index is -0.258. The molecule has 52 heavy (non-hydrogen) atoms. The van der Waals surface area contributed by atoms with E-state index < -0.39 is 0 Å². The maximum absolute atomic E-state index is 12.3. The maximum atomic E-state index is 12.3. The number of aryl methyl sites for hydroxylation is 4. The summed E-state index contributed by atoms with van der Waals surface area (Å²) in [5, 5.41) is 0. The van der Waals surface area contributed by atoms with Crippen LogP contribution < -0.4 is 11.1 Å². The van der Waals surface area contributed by atoms with Crippen LogP contribution in [0.3, 0.4) is 0 Å². The van der Waals surface area contributed by atoms with Gasteiger partial charge in [0.2, 0.25) is 0 Å². The predicted octanol–water partition coefficient (Wildman–Crippen LogP) is 11.6. The normalized spacial score (nSPS) is 13.3. The third-order valence-corrected chi connectivity index (χ3v) is 8.41. The van der Waals surface area contributed by atoms with Gasteiger partial charge >= 0.3 is 0 Å². The Labute approximate surface area is 376 Å². The van der Waals surface area contributed by atoms with Crippen molar-refractivity contribution in [3.8, 4) is 0 Å². The Balaban J connectivity index is -0.000000160. The first-order valence-corrected chi connectivity index (χ1v) is 18.6. The van der Waals surface area contributed by atoms with E-state index in [1.54, 1.807) is 26.2 Å². The molecule has 2 fully saturated rings. The minimum Gasteiger partial charge on any atom is -0.426 e. The van der Waals surface area contributed by atoms with E-state index in [2.05, 4.69) is 12.4 Å². The number of carbonyl (C=O) groups excluding carboxylic acids is 2. The first-order valence-electron chi connectivity index (χ1n) is 18.6. The van der Waals surface area contributed by atoms with Gasteiger partial charge in [0.15, 0.2) is 11.6 Å². The fraction of sp³-hybridized carbons (Fsp3) is 0.636. The topological polar surface area (TPSA) is 78.1 Å². The van der Waals surface area contributed by atoms with E-state index in [0.29, 0.717) is 11.8 Å². The third kappa shape index (κ3) is 21.3. The van der Waals surface area contributed by atoms with Crippen LogP contribution in [-0.2, 0) is 14.1 Å². The van der Waals surface area contributed by atoms with Crippen LogP contribution in [0, 0.1) is 123 Å². The Bertz CT molecular complexity index is 1300. The summed E-state index contributed by atoms with van der Waals surface area (Å²) in [5.74, 6) is 0.637. The third-order valence-electron chi connectivity index (χ3n) is 8.41. The Kier molecular flexibility index (Phi) is 44.9. The second-order valence-electron chi connectivity index (χ2n) is 11.4. The number of allylic oxidation sites excluding steroid dienone is 4. The summed E-state index contributed by atoms with van der Waals surface area (Å²) in [4.78, 5) is 48.9. The molecule has 4 rings (SSSR count). The fourth-order valence-electron chi connectivity index (χ4n) is 5.65. The molecule has 2 aliphatic rings. The van der Waals surface area contributed by atoms with E-state index in [-0.39, 0.29) is 120 Å². The van der Waals surface area contributed by atoms with Gasteiger partial charge in [-0.05, 0) is 74.9 Å². The summed E-state index contributed by atoms with van der Waals surface area (Å²) in [7, 11) is 3.27. The smallest absolute Gasteiger partial charge is 0.167 e. The number of hydrogen-bond acceptors (Lipinski definition) is 4. The van der Waals surface area contributed by atoms with Crippen molar-refractivity contribution in [1.29, 1.82) is 0 Å². The van der Waals surface area contributed by atoms with Gasteiger partial charge in [0.25, 0.3) is 0 Å². The van der Waals surface area contributed by atoms with E-state index in [1.807, 2.05) is 95.2 Å². The van der Waals surface area contributed by atoms with Crippen molar-refractivity contribution in [2.24, 2.45) is 25.9 Å². The van der Waals surface area contributed by atoms with E-state index in [4.69, 9.17) is 0 Å². The van der Waals surface area contributed by atoms with Crippen LogP contribution in [0.4, 0.5) is 0 Å². The molecule has 2 saturated carbocycles. The van der Waals surface area contributed by atoms with Crippen molar-refractivity contribution in [3.05, 3.63) is 90.8 Å². The Morgan fingerprint density at radius 3 is 1.04 bits per heavy atom. The average molecular weight is 975 g/mol. The Morgan fingerprint density at radius 1 is 0.538 bits per heavy atom. The number of nitrogens with zero attached hydrogens (tertiary/aromatic N) is 2. The SMILES string of the molecule is C.C.CC.CC.CC.CC.Cc1[c-]n(C)c(=O)c(C(=O)/C=C/C2CCCCC2)c1C.Cc1[c-]n(C)c(=O)c(C(=O)/C=C/C2CCCCC2)c1C.[La].[La]. The molecule has 2 aliphatic carbocycles. The van der Waals surface area contributed by atoms with Gasteiger partial charge in [0, 0.05) is 71.2 Å². The van der Waals surface area contributed by atoms with Crippen molar-refractivity contribution in [3.63, 3.8) is 0 Å². The number of ketones is 2. The van der Waals surface area contributed by atoms with Crippen LogP contribution in [0.25, 0.3) is 0 Å². The number of rotatable bonds is 6. The van der Waals surface area contributed by atoms with Gasteiger partial charge in [-0.15, -0.1) is 22.3 Å². The molecule has 0 N–H and O–H groups in total. The van der Waals surface area contributed by atoms with Crippen molar-refractivity contribution in [2.45, 2.75) is 162 Å². The van der Waals surface area contributed by atoms with Crippen LogP contribution >= 0.6 is 0 Å². The average Bonchev–Trinajstić information content (AvgIpc) is 3.13. The van der Waals surface area contributed by atoms with Crippen LogP contribution in [0.15, 0.2) is 33.9 Å². The molecule has 2 radical (unpaired) electrons. The van der Waals surface area contributed by atoms with Crippen LogP contribution in [0.5, 0.6) is 0 Å². The monoisotopic (exact) mass is 974 g/mol. The molecule has 0 bridgehead atoms. The quantitative estimate of drug-likeness (QED) is 0.164. The van der Waals surface area contributed by atoms with Gasteiger partial charge in [-0.2, -0.15) is 0 Å². The molecule has 294 valence electrons. The van der Waals surface area contributed by atoms with E-state index >= 15 is 0 Å². The largest absolute Gasteiger partial charge is 0.426 e. The second kappa shape index (κ2) is 37.1. The molecule has 0 aromatic carbocycles. The van der Waals surface area contributed by atoms with Crippen LogP contribution in [0.2, 0.25) is 0 Å². The second-order valence-corrected chi connectivity index (χ2v) is 11.4.